The summed E-state index contributed by atoms with van der Waals surface area (Å²) in [6.45, 7) is 1.51. The van der Waals surface area contributed by atoms with Gasteiger partial charge in [-0.25, -0.2) is 0 Å². The lowest BCUT2D eigenvalue weighted by atomic mass is 10.1. The van der Waals surface area contributed by atoms with E-state index < -0.39 is 5.97 Å². The maximum absolute atomic E-state index is 10.2. The Balaban J connectivity index is 0.000000640. The van der Waals surface area contributed by atoms with E-state index >= 15 is 0 Å². The summed E-state index contributed by atoms with van der Waals surface area (Å²) in [6, 6.07) is 0. The van der Waals surface area contributed by atoms with Crippen LogP contribution in [-0.4, -0.2) is 24.2 Å². The minimum absolute atomic E-state index is 0. The molecule has 4 heteroatoms. The molecule has 0 amide bonds. The van der Waals surface area contributed by atoms with Crippen molar-refractivity contribution >= 4 is 18.4 Å². The molecule has 1 saturated heterocycles. The normalized spacial score (nSPS) is 25.1. The van der Waals surface area contributed by atoms with Gasteiger partial charge in [0.05, 0.1) is 5.92 Å². The minimum Gasteiger partial charge on any atom is -0.481 e. The van der Waals surface area contributed by atoms with Gasteiger partial charge in [-0.1, -0.05) is 0 Å². The molecule has 0 aromatic rings. The molecule has 1 unspecified atom stereocenters. The first-order valence-corrected chi connectivity index (χ1v) is 2.74. The molecular formula is C5H10ClNO2. The van der Waals surface area contributed by atoms with Crippen LogP contribution in [0.15, 0.2) is 0 Å². The Morgan fingerprint density at radius 2 is 2.33 bits per heavy atom. The van der Waals surface area contributed by atoms with E-state index in [0.29, 0.717) is 6.54 Å². The fraction of sp³-hybridized carbons (Fsp3) is 0.800. The van der Waals surface area contributed by atoms with E-state index in [0.717, 1.165) is 13.0 Å². The highest BCUT2D eigenvalue weighted by Crippen LogP contribution is 2.05. The molecule has 0 saturated carbocycles. The Morgan fingerprint density at radius 1 is 1.67 bits per heavy atom. The van der Waals surface area contributed by atoms with Crippen LogP contribution < -0.4 is 5.32 Å². The van der Waals surface area contributed by atoms with E-state index in [-0.39, 0.29) is 18.3 Å². The van der Waals surface area contributed by atoms with Gasteiger partial charge in [0.2, 0.25) is 0 Å². The summed E-state index contributed by atoms with van der Waals surface area (Å²) in [4.78, 5) is 10.2. The summed E-state index contributed by atoms with van der Waals surface area (Å²) in [7, 11) is 0. The number of carboxylic acid groups (broad SMARTS) is 1. The molecule has 0 radical (unpaired) electrons. The van der Waals surface area contributed by atoms with E-state index in [4.69, 9.17) is 5.11 Å². The summed E-state index contributed by atoms with van der Waals surface area (Å²) < 4.78 is 0. The molecule has 1 atom stereocenters. The zero-order valence-electron chi connectivity index (χ0n) is 4.96. The average Bonchev–Trinajstić information content (AvgIpc) is 2.12. The summed E-state index contributed by atoms with van der Waals surface area (Å²) >= 11 is 0. The molecule has 1 heterocycles. The van der Waals surface area contributed by atoms with Crippen LogP contribution in [-0.2, 0) is 4.79 Å². The van der Waals surface area contributed by atoms with Gasteiger partial charge in [0, 0.05) is 6.54 Å². The maximum atomic E-state index is 10.2. The fourth-order valence-electron chi connectivity index (χ4n) is 0.865. The van der Waals surface area contributed by atoms with Crippen LogP contribution in [0.1, 0.15) is 6.42 Å². The Hall–Kier alpha value is -0.280. The molecule has 1 fully saturated rings. The topological polar surface area (TPSA) is 49.3 Å². The third-order valence-electron chi connectivity index (χ3n) is 1.41. The van der Waals surface area contributed by atoms with E-state index in [1.54, 1.807) is 0 Å². The molecule has 0 spiro atoms. The maximum Gasteiger partial charge on any atom is 0.307 e. The smallest absolute Gasteiger partial charge is 0.307 e. The lowest BCUT2D eigenvalue weighted by Crippen LogP contribution is -2.16. The highest BCUT2D eigenvalue weighted by atomic mass is 35.5. The number of carboxylic acids is 1. The highest BCUT2D eigenvalue weighted by Gasteiger charge is 2.20. The summed E-state index contributed by atoms with van der Waals surface area (Å²) in [5.74, 6) is -0.801. The summed E-state index contributed by atoms with van der Waals surface area (Å²) in [5, 5.41) is 11.3. The first-order valence-electron chi connectivity index (χ1n) is 2.74. The second kappa shape index (κ2) is 3.69. The van der Waals surface area contributed by atoms with E-state index in [2.05, 4.69) is 5.32 Å². The second-order valence-electron chi connectivity index (χ2n) is 2.03. The van der Waals surface area contributed by atoms with Crippen molar-refractivity contribution < 1.29 is 9.90 Å². The van der Waals surface area contributed by atoms with Crippen molar-refractivity contribution in [1.82, 2.24) is 5.32 Å². The van der Waals surface area contributed by atoms with Crippen LogP contribution in [0.25, 0.3) is 0 Å². The number of nitrogens with one attached hydrogen (secondary N) is 1. The molecule has 0 aliphatic carbocycles. The number of carbonyl (C=O) groups is 1. The Kier molecular flexibility index (Phi) is 3.58. The molecule has 1 aliphatic rings. The van der Waals surface area contributed by atoms with Gasteiger partial charge in [-0.3, -0.25) is 4.79 Å². The number of hydrogen-bond donors (Lipinski definition) is 2. The lowest BCUT2D eigenvalue weighted by molar-refractivity contribution is -0.140. The van der Waals surface area contributed by atoms with Crippen molar-refractivity contribution in [3.05, 3.63) is 0 Å². The first kappa shape index (κ1) is 8.72. The second-order valence-corrected chi connectivity index (χ2v) is 2.03. The molecule has 1 aliphatic heterocycles. The van der Waals surface area contributed by atoms with E-state index in [1.165, 1.54) is 0 Å². The van der Waals surface area contributed by atoms with E-state index in [1.807, 2.05) is 0 Å². The van der Waals surface area contributed by atoms with Crippen molar-refractivity contribution in [2.75, 3.05) is 13.1 Å². The quantitative estimate of drug-likeness (QED) is 0.559. The number of halogens is 1. The van der Waals surface area contributed by atoms with Crippen molar-refractivity contribution in [2.24, 2.45) is 5.92 Å². The summed E-state index contributed by atoms with van der Waals surface area (Å²) in [5.41, 5.74) is 0. The van der Waals surface area contributed by atoms with Gasteiger partial charge in [0.15, 0.2) is 0 Å². The van der Waals surface area contributed by atoms with Crippen LogP contribution in [0.5, 0.6) is 0 Å². The zero-order valence-corrected chi connectivity index (χ0v) is 5.78. The predicted molar refractivity (Wildman–Crippen MR) is 35.9 cm³/mol. The molecule has 0 aromatic carbocycles. The van der Waals surface area contributed by atoms with Gasteiger partial charge in [0.25, 0.3) is 0 Å². The van der Waals surface area contributed by atoms with Crippen molar-refractivity contribution in [1.29, 1.82) is 0 Å². The molecular weight excluding hydrogens is 142 g/mol. The highest BCUT2D eigenvalue weighted by molar-refractivity contribution is 5.85. The predicted octanol–water partition coefficient (Wildman–Crippen LogP) is 0.102. The van der Waals surface area contributed by atoms with Crippen LogP contribution >= 0.6 is 12.4 Å². The average molecular weight is 152 g/mol. The largest absolute Gasteiger partial charge is 0.481 e. The summed E-state index contributed by atoms with van der Waals surface area (Å²) in [6.07, 6.45) is 0.787. The van der Waals surface area contributed by atoms with Crippen molar-refractivity contribution in [3.63, 3.8) is 0 Å². The number of rotatable bonds is 1. The first-order chi connectivity index (χ1) is 3.80. The van der Waals surface area contributed by atoms with Crippen molar-refractivity contribution in [2.45, 2.75) is 6.42 Å². The van der Waals surface area contributed by atoms with Crippen LogP contribution in [0.4, 0.5) is 0 Å². The van der Waals surface area contributed by atoms with Crippen molar-refractivity contribution in [3.8, 4) is 0 Å². The van der Waals surface area contributed by atoms with Crippen LogP contribution in [0.3, 0.4) is 0 Å². The van der Waals surface area contributed by atoms with E-state index in [9.17, 15) is 4.79 Å². The van der Waals surface area contributed by atoms with Crippen LogP contribution in [0, 0.1) is 5.92 Å². The molecule has 3 nitrogen and oxygen atoms in total. The molecule has 0 aromatic heterocycles. The van der Waals surface area contributed by atoms with Gasteiger partial charge < -0.3 is 10.4 Å². The fourth-order valence-corrected chi connectivity index (χ4v) is 0.865. The van der Waals surface area contributed by atoms with Gasteiger partial charge in [0.1, 0.15) is 0 Å². The molecule has 1 rings (SSSR count). The van der Waals surface area contributed by atoms with Crippen LogP contribution in [0.2, 0.25) is 0 Å². The van der Waals surface area contributed by atoms with Gasteiger partial charge in [-0.05, 0) is 13.0 Å². The zero-order chi connectivity index (χ0) is 5.98. The minimum atomic E-state index is -0.671. The van der Waals surface area contributed by atoms with Gasteiger partial charge in [-0.15, -0.1) is 12.4 Å². The standard InChI is InChI=1S/C5H9NO2.ClH/c7-5(8)4-1-2-6-3-4;/h4,6H,1-3H2,(H,7,8);1H. The number of aliphatic carboxylic acids is 1. The SMILES string of the molecule is Cl.O=C(O)C1CCNC1. The third kappa shape index (κ3) is 2.20. The van der Waals surface area contributed by atoms with Gasteiger partial charge in [-0.2, -0.15) is 0 Å². The molecule has 2 N–H and O–H groups in total. The van der Waals surface area contributed by atoms with Gasteiger partial charge >= 0.3 is 5.97 Å². The molecule has 9 heavy (non-hydrogen) atoms. The number of hydrogen-bond acceptors (Lipinski definition) is 2. The Bertz CT molecular complexity index is 101. The lowest BCUT2D eigenvalue weighted by Gasteiger charge is -1.96. The molecule has 0 bridgehead atoms. The third-order valence-corrected chi connectivity index (χ3v) is 1.41. The monoisotopic (exact) mass is 151 g/mol. The Morgan fingerprint density at radius 3 is 2.56 bits per heavy atom. The molecule has 54 valence electrons. The Labute approximate surface area is 59.9 Å².